The molecule has 1 fully saturated rings. The van der Waals surface area contributed by atoms with Gasteiger partial charge in [0.15, 0.2) is 0 Å². The van der Waals surface area contributed by atoms with E-state index in [1.54, 1.807) is 12.1 Å². The minimum absolute atomic E-state index is 0. The van der Waals surface area contributed by atoms with E-state index in [1.165, 1.54) is 18.9 Å². The SMILES string of the molecule is Cl.NCc1ccc(F)cc1C1CC1. The molecule has 3 heteroatoms. The summed E-state index contributed by atoms with van der Waals surface area (Å²) < 4.78 is 12.8. The molecule has 0 spiro atoms. The molecule has 72 valence electrons. The van der Waals surface area contributed by atoms with Crippen molar-refractivity contribution in [2.45, 2.75) is 25.3 Å². The molecule has 1 aromatic carbocycles. The molecule has 2 N–H and O–H groups in total. The van der Waals surface area contributed by atoms with E-state index in [-0.39, 0.29) is 18.2 Å². The van der Waals surface area contributed by atoms with Crippen LogP contribution in [-0.2, 0) is 6.54 Å². The lowest BCUT2D eigenvalue weighted by Crippen LogP contribution is -2.00. The Bertz CT molecular complexity index is 297. The first-order valence-electron chi connectivity index (χ1n) is 4.29. The molecule has 0 heterocycles. The molecule has 0 atom stereocenters. The predicted octanol–water partition coefficient (Wildman–Crippen LogP) is 2.58. The fourth-order valence-electron chi connectivity index (χ4n) is 1.53. The van der Waals surface area contributed by atoms with Gasteiger partial charge in [0.2, 0.25) is 0 Å². The van der Waals surface area contributed by atoms with Crippen molar-refractivity contribution in [3.63, 3.8) is 0 Å². The summed E-state index contributed by atoms with van der Waals surface area (Å²) >= 11 is 0. The van der Waals surface area contributed by atoms with Crippen molar-refractivity contribution >= 4 is 12.4 Å². The van der Waals surface area contributed by atoms with Gasteiger partial charge >= 0.3 is 0 Å². The Labute approximate surface area is 83.5 Å². The van der Waals surface area contributed by atoms with Gasteiger partial charge in [-0.2, -0.15) is 0 Å². The van der Waals surface area contributed by atoms with Crippen molar-refractivity contribution in [2.75, 3.05) is 0 Å². The summed E-state index contributed by atoms with van der Waals surface area (Å²) in [6.45, 7) is 0.520. The largest absolute Gasteiger partial charge is 0.326 e. The molecule has 2 rings (SSSR count). The van der Waals surface area contributed by atoms with Crippen LogP contribution in [0.5, 0.6) is 0 Å². The third kappa shape index (κ3) is 2.20. The third-order valence-electron chi connectivity index (χ3n) is 2.35. The average Bonchev–Trinajstić information content (AvgIpc) is 2.87. The summed E-state index contributed by atoms with van der Waals surface area (Å²) in [6.07, 6.45) is 2.38. The van der Waals surface area contributed by atoms with E-state index < -0.39 is 0 Å². The first-order chi connectivity index (χ1) is 5.81. The summed E-state index contributed by atoms with van der Waals surface area (Å²) in [7, 11) is 0. The van der Waals surface area contributed by atoms with Crippen molar-refractivity contribution in [2.24, 2.45) is 5.73 Å². The molecule has 1 aliphatic rings. The number of benzene rings is 1. The van der Waals surface area contributed by atoms with Crippen LogP contribution in [0.3, 0.4) is 0 Å². The van der Waals surface area contributed by atoms with E-state index in [0.717, 1.165) is 11.1 Å². The van der Waals surface area contributed by atoms with Gasteiger partial charge in [0, 0.05) is 6.54 Å². The van der Waals surface area contributed by atoms with E-state index in [4.69, 9.17) is 5.73 Å². The molecule has 0 aromatic heterocycles. The lowest BCUT2D eigenvalue weighted by atomic mass is 10.0. The molecule has 1 nitrogen and oxygen atoms in total. The highest BCUT2D eigenvalue weighted by atomic mass is 35.5. The van der Waals surface area contributed by atoms with E-state index in [1.807, 2.05) is 0 Å². The van der Waals surface area contributed by atoms with Crippen LogP contribution < -0.4 is 5.73 Å². The Hall–Kier alpha value is -0.600. The standard InChI is InChI=1S/C10H12FN.ClH/c11-9-4-3-8(6-12)10(5-9)7-1-2-7;/h3-5,7H,1-2,6,12H2;1H. The molecule has 1 saturated carbocycles. The third-order valence-corrected chi connectivity index (χ3v) is 2.35. The summed E-state index contributed by atoms with van der Waals surface area (Å²) in [5.74, 6) is 0.438. The smallest absolute Gasteiger partial charge is 0.123 e. The zero-order valence-corrected chi connectivity index (χ0v) is 8.11. The molecular formula is C10H13ClFN. The zero-order chi connectivity index (χ0) is 8.55. The monoisotopic (exact) mass is 201 g/mol. The summed E-state index contributed by atoms with van der Waals surface area (Å²) in [6, 6.07) is 4.90. The second kappa shape index (κ2) is 4.07. The minimum atomic E-state index is -0.144. The molecule has 0 unspecified atom stereocenters. The fourth-order valence-corrected chi connectivity index (χ4v) is 1.53. The van der Waals surface area contributed by atoms with Crippen LogP contribution in [0, 0.1) is 5.82 Å². The Kier molecular flexibility index (Phi) is 3.28. The van der Waals surface area contributed by atoms with Gasteiger partial charge in [-0.05, 0) is 42.0 Å². The highest BCUT2D eigenvalue weighted by Gasteiger charge is 2.25. The Morgan fingerprint density at radius 2 is 2.08 bits per heavy atom. The molecule has 1 aromatic rings. The average molecular weight is 202 g/mol. The van der Waals surface area contributed by atoms with Crippen molar-refractivity contribution in [1.82, 2.24) is 0 Å². The molecule has 0 bridgehead atoms. The van der Waals surface area contributed by atoms with Crippen LogP contribution in [0.25, 0.3) is 0 Å². The van der Waals surface area contributed by atoms with Gasteiger partial charge in [0.05, 0.1) is 0 Å². The zero-order valence-electron chi connectivity index (χ0n) is 7.29. The van der Waals surface area contributed by atoms with Gasteiger partial charge in [-0.1, -0.05) is 6.07 Å². The van der Waals surface area contributed by atoms with Gasteiger partial charge in [-0.3, -0.25) is 0 Å². The molecule has 0 radical (unpaired) electrons. The first kappa shape index (κ1) is 10.5. The Balaban J connectivity index is 0.000000845. The van der Waals surface area contributed by atoms with Gasteiger partial charge in [0.1, 0.15) is 5.82 Å². The molecule has 0 saturated heterocycles. The van der Waals surface area contributed by atoms with Crippen molar-refractivity contribution in [3.05, 3.63) is 35.1 Å². The van der Waals surface area contributed by atoms with E-state index in [0.29, 0.717) is 12.5 Å². The fraction of sp³-hybridized carbons (Fsp3) is 0.400. The maximum absolute atomic E-state index is 12.8. The van der Waals surface area contributed by atoms with E-state index in [9.17, 15) is 4.39 Å². The number of hydrogen-bond donors (Lipinski definition) is 1. The van der Waals surface area contributed by atoms with Crippen molar-refractivity contribution in [1.29, 1.82) is 0 Å². The second-order valence-electron chi connectivity index (χ2n) is 3.32. The molecule has 13 heavy (non-hydrogen) atoms. The number of nitrogens with two attached hydrogens (primary N) is 1. The first-order valence-corrected chi connectivity index (χ1v) is 4.29. The molecular weight excluding hydrogens is 189 g/mol. The Morgan fingerprint density at radius 1 is 1.38 bits per heavy atom. The van der Waals surface area contributed by atoms with Crippen LogP contribution in [0.15, 0.2) is 18.2 Å². The maximum atomic E-state index is 12.8. The van der Waals surface area contributed by atoms with Crippen LogP contribution in [0.2, 0.25) is 0 Å². The lowest BCUT2D eigenvalue weighted by Gasteiger charge is -2.05. The maximum Gasteiger partial charge on any atom is 0.123 e. The highest BCUT2D eigenvalue weighted by Crippen LogP contribution is 2.41. The van der Waals surface area contributed by atoms with Crippen LogP contribution in [0.1, 0.15) is 29.9 Å². The summed E-state index contributed by atoms with van der Waals surface area (Å²) in [4.78, 5) is 0. The van der Waals surface area contributed by atoms with Crippen molar-refractivity contribution < 1.29 is 4.39 Å². The summed E-state index contributed by atoms with van der Waals surface area (Å²) in [5.41, 5.74) is 7.76. The van der Waals surface area contributed by atoms with Crippen LogP contribution in [0.4, 0.5) is 4.39 Å². The summed E-state index contributed by atoms with van der Waals surface area (Å²) in [5, 5.41) is 0. The predicted molar refractivity (Wildman–Crippen MR) is 53.5 cm³/mol. The highest BCUT2D eigenvalue weighted by molar-refractivity contribution is 5.85. The van der Waals surface area contributed by atoms with Gasteiger partial charge in [0.25, 0.3) is 0 Å². The number of halogens is 2. The number of hydrogen-bond acceptors (Lipinski definition) is 1. The van der Waals surface area contributed by atoms with E-state index >= 15 is 0 Å². The molecule has 0 amide bonds. The van der Waals surface area contributed by atoms with Crippen LogP contribution >= 0.6 is 12.4 Å². The minimum Gasteiger partial charge on any atom is -0.326 e. The van der Waals surface area contributed by atoms with Gasteiger partial charge in [-0.15, -0.1) is 12.4 Å². The quantitative estimate of drug-likeness (QED) is 0.782. The van der Waals surface area contributed by atoms with Gasteiger partial charge in [-0.25, -0.2) is 4.39 Å². The van der Waals surface area contributed by atoms with Crippen LogP contribution in [-0.4, -0.2) is 0 Å². The topological polar surface area (TPSA) is 26.0 Å². The van der Waals surface area contributed by atoms with Gasteiger partial charge < -0.3 is 5.73 Å². The lowest BCUT2D eigenvalue weighted by molar-refractivity contribution is 0.624. The normalized spacial score (nSPS) is 15.2. The molecule has 0 aliphatic heterocycles. The van der Waals surface area contributed by atoms with Crippen molar-refractivity contribution in [3.8, 4) is 0 Å². The van der Waals surface area contributed by atoms with E-state index in [2.05, 4.69) is 0 Å². The molecule has 1 aliphatic carbocycles. The number of rotatable bonds is 2. The second-order valence-corrected chi connectivity index (χ2v) is 3.32. The Morgan fingerprint density at radius 3 is 2.62 bits per heavy atom.